The van der Waals surface area contributed by atoms with Crippen LogP contribution in [0.2, 0.25) is 0 Å². The molecule has 4 rings (SSSR count). The maximum atomic E-state index is 12.7. The Hall–Kier alpha value is -3.36. The van der Waals surface area contributed by atoms with Gasteiger partial charge in [-0.3, -0.25) is 14.5 Å². The molecule has 1 saturated heterocycles. The Bertz CT molecular complexity index is 1080. The molecule has 0 aliphatic carbocycles. The lowest BCUT2D eigenvalue weighted by Gasteiger charge is -2.42. The largest absolute Gasteiger partial charge is 0.497 e. The zero-order valence-corrected chi connectivity index (χ0v) is 21.0. The van der Waals surface area contributed by atoms with E-state index in [9.17, 15) is 9.59 Å². The number of rotatable bonds is 8. The Morgan fingerprint density at radius 2 is 1.66 bits per heavy atom. The standard InChI is InChI=1S/C27H32N4O3S/c1-20(29-27(33)26(32)28-19-21-10-12-23(34-2)13-11-21)25(24-9-6-18-35-24)31-16-14-30(15-17-31)22-7-4-3-5-8-22/h3-13,18,20,25H,14-17,19H2,1-2H3,(H,28,32)(H,29,33)/t20-,25+/m0/s1. The van der Waals surface area contributed by atoms with Crippen LogP contribution < -0.4 is 20.3 Å². The Morgan fingerprint density at radius 1 is 0.943 bits per heavy atom. The van der Waals surface area contributed by atoms with E-state index in [2.05, 4.69) is 56.1 Å². The number of nitrogens with one attached hydrogen (secondary N) is 2. The number of hydrogen-bond donors (Lipinski definition) is 2. The second-order valence-electron chi connectivity index (χ2n) is 8.61. The predicted molar refractivity (Wildman–Crippen MR) is 140 cm³/mol. The van der Waals surface area contributed by atoms with Gasteiger partial charge in [0.1, 0.15) is 5.75 Å². The van der Waals surface area contributed by atoms with Crippen molar-refractivity contribution in [2.45, 2.75) is 25.6 Å². The molecule has 2 aromatic carbocycles. The van der Waals surface area contributed by atoms with Crippen LogP contribution in [0.25, 0.3) is 0 Å². The normalized spacial score (nSPS) is 15.8. The van der Waals surface area contributed by atoms with Gasteiger partial charge in [0.2, 0.25) is 0 Å². The van der Waals surface area contributed by atoms with Gasteiger partial charge in [0.15, 0.2) is 0 Å². The van der Waals surface area contributed by atoms with E-state index in [-0.39, 0.29) is 18.6 Å². The third-order valence-electron chi connectivity index (χ3n) is 6.31. The van der Waals surface area contributed by atoms with Crippen molar-refractivity contribution in [3.05, 3.63) is 82.6 Å². The number of benzene rings is 2. The van der Waals surface area contributed by atoms with E-state index in [1.165, 1.54) is 10.6 Å². The SMILES string of the molecule is COc1ccc(CNC(=O)C(=O)N[C@@H](C)[C@H](c2cccs2)N2CCN(c3ccccc3)CC2)cc1. The molecule has 2 heterocycles. The second kappa shape index (κ2) is 11.9. The highest BCUT2D eigenvalue weighted by atomic mass is 32.1. The number of piperazine rings is 1. The molecule has 184 valence electrons. The van der Waals surface area contributed by atoms with Crippen LogP contribution >= 0.6 is 11.3 Å². The first-order valence-electron chi connectivity index (χ1n) is 11.8. The van der Waals surface area contributed by atoms with Gasteiger partial charge in [0, 0.05) is 49.3 Å². The van der Waals surface area contributed by atoms with Gasteiger partial charge in [0.25, 0.3) is 0 Å². The van der Waals surface area contributed by atoms with Gasteiger partial charge in [-0.2, -0.15) is 0 Å². The number of para-hydroxylation sites is 1. The van der Waals surface area contributed by atoms with Crippen molar-refractivity contribution in [1.29, 1.82) is 0 Å². The molecule has 1 aromatic heterocycles. The van der Waals surface area contributed by atoms with Crippen molar-refractivity contribution in [1.82, 2.24) is 15.5 Å². The minimum atomic E-state index is -0.633. The van der Waals surface area contributed by atoms with Crippen LogP contribution in [0.15, 0.2) is 72.1 Å². The lowest BCUT2D eigenvalue weighted by molar-refractivity contribution is -0.140. The summed E-state index contributed by atoms with van der Waals surface area (Å²) in [5, 5.41) is 7.71. The van der Waals surface area contributed by atoms with Crippen molar-refractivity contribution in [3.63, 3.8) is 0 Å². The van der Waals surface area contributed by atoms with Crippen molar-refractivity contribution in [2.24, 2.45) is 0 Å². The van der Waals surface area contributed by atoms with E-state index in [4.69, 9.17) is 4.74 Å². The van der Waals surface area contributed by atoms with E-state index >= 15 is 0 Å². The molecule has 1 aliphatic rings. The summed E-state index contributed by atoms with van der Waals surface area (Å²) < 4.78 is 5.15. The van der Waals surface area contributed by atoms with Crippen molar-refractivity contribution < 1.29 is 14.3 Å². The maximum absolute atomic E-state index is 12.7. The number of amides is 2. The highest BCUT2D eigenvalue weighted by molar-refractivity contribution is 7.10. The van der Waals surface area contributed by atoms with Gasteiger partial charge in [0.05, 0.1) is 13.2 Å². The summed E-state index contributed by atoms with van der Waals surface area (Å²) in [5.74, 6) is -0.502. The molecule has 35 heavy (non-hydrogen) atoms. The van der Waals surface area contributed by atoms with Crippen molar-refractivity contribution >= 4 is 28.8 Å². The topological polar surface area (TPSA) is 73.9 Å². The second-order valence-corrected chi connectivity index (χ2v) is 9.59. The van der Waals surface area contributed by atoms with Gasteiger partial charge in [-0.25, -0.2) is 0 Å². The number of nitrogens with zero attached hydrogens (tertiary/aromatic N) is 2. The van der Waals surface area contributed by atoms with Crippen LogP contribution in [-0.2, 0) is 16.1 Å². The molecule has 0 unspecified atom stereocenters. The molecule has 8 heteroatoms. The quantitative estimate of drug-likeness (QED) is 0.472. The van der Waals surface area contributed by atoms with Crippen LogP contribution in [0.1, 0.15) is 23.4 Å². The molecule has 0 bridgehead atoms. The van der Waals surface area contributed by atoms with Gasteiger partial charge < -0.3 is 20.3 Å². The lowest BCUT2D eigenvalue weighted by Crippen LogP contribution is -2.53. The Labute approximate surface area is 210 Å². The van der Waals surface area contributed by atoms with E-state index in [1.54, 1.807) is 18.4 Å². The highest BCUT2D eigenvalue weighted by Crippen LogP contribution is 2.30. The molecule has 0 spiro atoms. The summed E-state index contributed by atoms with van der Waals surface area (Å²) in [6, 6.07) is 21.7. The lowest BCUT2D eigenvalue weighted by atomic mass is 10.0. The number of carbonyl (C=O) groups is 2. The number of methoxy groups -OCH3 is 1. The summed E-state index contributed by atoms with van der Waals surface area (Å²) in [4.78, 5) is 31.2. The summed E-state index contributed by atoms with van der Waals surface area (Å²) in [6.45, 7) is 5.83. The van der Waals surface area contributed by atoms with E-state index in [0.717, 1.165) is 37.5 Å². The molecule has 1 fully saturated rings. The summed E-state index contributed by atoms with van der Waals surface area (Å²) in [5.41, 5.74) is 2.13. The number of thiophene rings is 1. The first kappa shape index (κ1) is 24.8. The monoisotopic (exact) mass is 492 g/mol. The molecular weight excluding hydrogens is 460 g/mol. The number of ether oxygens (including phenoxy) is 1. The van der Waals surface area contributed by atoms with Crippen LogP contribution in [-0.4, -0.2) is 56.0 Å². The molecule has 3 aromatic rings. The minimum absolute atomic E-state index is 0.00580. The highest BCUT2D eigenvalue weighted by Gasteiger charge is 2.31. The van der Waals surface area contributed by atoms with Crippen molar-refractivity contribution in [2.75, 3.05) is 38.2 Å². The van der Waals surface area contributed by atoms with Gasteiger partial charge in [-0.15, -0.1) is 11.3 Å². The zero-order valence-electron chi connectivity index (χ0n) is 20.1. The number of hydrogen-bond acceptors (Lipinski definition) is 6. The third kappa shape index (κ3) is 6.41. The third-order valence-corrected chi connectivity index (χ3v) is 7.26. The van der Waals surface area contributed by atoms with Crippen LogP contribution in [0.3, 0.4) is 0 Å². The smallest absolute Gasteiger partial charge is 0.309 e. The fraction of sp³-hybridized carbons (Fsp3) is 0.333. The first-order chi connectivity index (χ1) is 17.0. The predicted octanol–water partition coefficient (Wildman–Crippen LogP) is 3.44. The Kier molecular flexibility index (Phi) is 8.39. The molecular formula is C27H32N4O3S. The molecule has 2 atom stereocenters. The molecule has 2 N–H and O–H groups in total. The summed E-state index contributed by atoms with van der Waals surface area (Å²) in [7, 11) is 1.61. The number of carbonyl (C=O) groups excluding carboxylic acids is 2. The van der Waals surface area contributed by atoms with Crippen LogP contribution in [0.5, 0.6) is 5.75 Å². The Morgan fingerprint density at radius 3 is 2.29 bits per heavy atom. The number of anilines is 1. The zero-order chi connectivity index (χ0) is 24.6. The summed E-state index contributed by atoms with van der Waals surface area (Å²) >= 11 is 1.68. The molecule has 1 aliphatic heterocycles. The average Bonchev–Trinajstić information content (AvgIpc) is 3.43. The molecule has 0 saturated carbocycles. The van der Waals surface area contributed by atoms with Crippen LogP contribution in [0.4, 0.5) is 5.69 Å². The Balaban J connectivity index is 1.35. The van der Waals surface area contributed by atoms with Crippen molar-refractivity contribution in [3.8, 4) is 5.75 Å². The maximum Gasteiger partial charge on any atom is 0.309 e. The summed E-state index contributed by atoms with van der Waals surface area (Å²) in [6.07, 6.45) is 0. The van der Waals surface area contributed by atoms with E-state index in [1.807, 2.05) is 43.3 Å². The average molecular weight is 493 g/mol. The van der Waals surface area contributed by atoms with Gasteiger partial charge in [-0.05, 0) is 48.2 Å². The molecule has 0 radical (unpaired) electrons. The van der Waals surface area contributed by atoms with Gasteiger partial charge >= 0.3 is 11.8 Å². The molecule has 2 amide bonds. The van der Waals surface area contributed by atoms with E-state index in [0.29, 0.717) is 0 Å². The van der Waals surface area contributed by atoms with Gasteiger partial charge in [-0.1, -0.05) is 36.4 Å². The minimum Gasteiger partial charge on any atom is -0.497 e. The molecule has 7 nitrogen and oxygen atoms in total. The van der Waals surface area contributed by atoms with E-state index < -0.39 is 11.8 Å². The van der Waals surface area contributed by atoms with Crippen LogP contribution in [0, 0.1) is 0 Å². The fourth-order valence-corrected chi connectivity index (χ4v) is 5.42. The fourth-order valence-electron chi connectivity index (χ4n) is 4.46. The first-order valence-corrected chi connectivity index (χ1v) is 12.7.